The molecule has 6 heteroatoms. The lowest BCUT2D eigenvalue weighted by Gasteiger charge is -2.19. The predicted octanol–water partition coefficient (Wildman–Crippen LogP) is 0.131. The molecule has 1 aliphatic heterocycles. The highest BCUT2D eigenvalue weighted by Crippen LogP contribution is 2.21. The molecule has 1 heterocycles. The molecule has 0 aliphatic carbocycles. The number of sulfone groups is 1. The fraction of sp³-hybridized carbons (Fsp3) is 0.833. The first-order valence-corrected chi connectivity index (χ1v) is 5.57. The molecule has 70 valence electrons. The molecule has 0 saturated carbocycles. The topological polar surface area (TPSA) is 74.7 Å². The quantitative estimate of drug-likeness (QED) is 0.642. The van der Waals surface area contributed by atoms with Crippen molar-refractivity contribution in [2.24, 2.45) is 0 Å². The predicted molar refractivity (Wildman–Crippen MR) is 42.6 cm³/mol. The highest BCUT2D eigenvalue weighted by atomic mass is 32.2. The Hall–Kier alpha value is -0.780. The number of carbonyl (C=O) groups is 1. The van der Waals surface area contributed by atoms with E-state index in [4.69, 9.17) is 5.11 Å². The molecular formula is C6H11NO4S. The maximum absolute atomic E-state index is 11.0. The first-order chi connectivity index (χ1) is 5.43. The van der Waals surface area contributed by atoms with Crippen molar-refractivity contribution in [2.45, 2.75) is 18.2 Å². The van der Waals surface area contributed by atoms with Gasteiger partial charge in [-0.2, -0.15) is 0 Å². The minimum Gasteiger partial charge on any atom is -0.465 e. The van der Waals surface area contributed by atoms with E-state index >= 15 is 0 Å². The molecular weight excluding hydrogens is 182 g/mol. The molecule has 1 N–H and O–H groups in total. The molecule has 0 radical (unpaired) electrons. The van der Waals surface area contributed by atoms with Gasteiger partial charge < -0.3 is 5.11 Å². The van der Waals surface area contributed by atoms with E-state index in [2.05, 4.69) is 0 Å². The van der Waals surface area contributed by atoms with Gasteiger partial charge in [-0.15, -0.1) is 0 Å². The molecule has 0 aromatic rings. The van der Waals surface area contributed by atoms with Crippen molar-refractivity contribution in [1.29, 1.82) is 0 Å². The molecule has 1 aliphatic rings. The van der Waals surface area contributed by atoms with Crippen LogP contribution >= 0.6 is 0 Å². The Morgan fingerprint density at radius 3 is 2.50 bits per heavy atom. The molecule has 12 heavy (non-hydrogen) atoms. The summed E-state index contributed by atoms with van der Waals surface area (Å²) in [5, 5.41) is 7.78. The van der Waals surface area contributed by atoms with E-state index in [1.54, 1.807) is 0 Å². The van der Waals surface area contributed by atoms with Crippen LogP contribution in [0.25, 0.3) is 0 Å². The van der Waals surface area contributed by atoms with E-state index in [1.807, 2.05) is 0 Å². The van der Waals surface area contributed by atoms with Crippen LogP contribution in [0.4, 0.5) is 4.79 Å². The van der Waals surface area contributed by atoms with Crippen LogP contribution in [0, 0.1) is 0 Å². The molecule has 1 atom stereocenters. The smallest absolute Gasteiger partial charge is 0.408 e. The number of hydrogen-bond acceptors (Lipinski definition) is 3. The van der Waals surface area contributed by atoms with Gasteiger partial charge >= 0.3 is 6.09 Å². The van der Waals surface area contributed by atoms with Crippen molar-refractivity contribution in [1.82, 2.24) is 4.90 Å². The Labute approximate surface area is 70.9 Å². The lowest BCUT2D eigenvalue weighted by atomic mass is 10.4. The van der Waals surface area contributed by atoms with E-state index in [1.165, 1.54) is 0 Å². The summed E-state index contributed by atoms with van der Waals surface area (Å²) in [5.74, 6) is 0. The Morgan fingerprint density at radius 2 is 2.17 bits per heavy atom. The second-order valence-electron chi connectivity index (χ2n) is 2.90. The Balaban J connectivity index is 2.85. The van der Waals surface area contributed by atoms with Gasteiger partial charge in [-0.1, -0.05) is 0 Å². The number of rotatable bonds is 1. The second kappa shape index (κ2) is 2.93. The van der Waals surface area contributed by atoms with Crippen LogP contribution in [0.5, 0.6) is 0 Å². The zero-order valence-electron chi connectivity index (χ0n) is 6.73. The van der Waals surface area contributed by atoms with E-state index in [-0.39, 0.29) is 0 Å². The molecule has 1 amide bonds. The van der Waals surface area contributed by atoms with Gasteiger partial charge in [0.25, 0.3) is 0 Å². The van der Waals surface area contributed by atoms with Gasteiger partial charge in [0.15, 0.2) is 9.84 Å². The summed E-state index contributed by atoms with van der Waals surface area (Å²) >= 11 is 0. The second-order valence-corrected chi connectivity index (χ2v) is 5.11. The van der Waals surface area contributed by atoms with Gasteiger partial charge in [0.05, 0.1) is 0 Å². The molecule has 1 rings (SSSR count). The summed E-state index contributed by atoms with van der Waals surface area (Å²) in [6.07, 6.45) is 0.969. The highest BCUT2D eigenvalue weighted by Gasteiger charge is 2.35. The fourth-order valence-corrected chi connectivity index (χ4v) is 2.65. The van der Waals surface area contributed by atoms with Gasteiger partial charge in [-0.25, -0.2) is 13.2 Å². The van der Waals surface area contributed by atoms with Crippen molar-refractivity contribution in [3.05, 3.63) is 0 Å². The van der Waals surface area contributed by atoms with E-state index in [0.29, 0.717) is 19.4 Å². The molecule has 1 unspecified atom stereocenters. The van der Waals surface area contributed by atoms with Gasteiger partial charge in [-0.05, 0) is 12.8 Å². The number of hydrogen-bond donors (Lipinski definition) is 1. The lowest BCUT2D eigenvalue weighted by molar-refractivity contribution is 0.151. The van der Waals surface area contributed by atoms with Gasteiger partial charge in [0.1, 0.15) is 5.37 Å². The van der Waals surface area contributed by atoms with Crippen molar-refractivity contribution >= 4 is 15.9 Å². The van der Waals surface area contributed by atoms with Crippen molar-refractivity contribution in [3.8, 4) is 0 Å². The van der Waals surface area contributed by atoms with Crippen LogP contribution in [-0.4, -0.2) is 42.7 Å². The highest BCUT2D eigenvalue weighted by molar-refractivity contribution is 7.91. The molecule has 0 bridgehead atoms. The van der Waals surface area contributed by atoms with Crippen LogP contribution in [0.15, 0.2) is 0 Å². The summed E-state index contributed by atoms with van der Waals surface area (Å²) in [7, 11) is -3.25. The summed E-state index contributed by atoms with van der Waals surface area (Å²) < 4.78 is 22.1. The van der Waals surface area contributed by atoms with Crippen LogP contribution in [0.2, 0.25) is 0 Å². The molecule has 1 fully saturated rings. The summed E-state index contributed by atoms with van der Waals surface area (Å²) in [6, 6.07) is 0. The summed E-state index contributed by atoms with van der Waals surface area (Å²) in [6.45, 7) is 0.326. The average molecular weight is 193 g/mol. The Bertz CT molecular complexity index is 284. The number of likely N-dealkylation sites (tertiary alicyclic amines) is 1. The Kier molecular flexibility index (Phi) is 2.27. The summed E-state index contributed by atoms with van der Waals surface area (Å²) in [4.78, 5) is 11.5. The average Bonchev–Trinajstić information content (AvgIpc) is 2.30. The zero-order chi connectivity index (χ0) is 9.35. The fourth-order valence-electron chi connectivity index (χ4n) is 1.40. The molecule has 0 aromatic carbocycles. The zero-order valence-corrected chi connectivity index (χ0v) is 7.54. The van der Waals surface area contributed by atoms with Gasteiger partial charge in [0, 0.05) is 12.8 Å². The minimum atomic E-state index is -3.25. The summed E-state index contributed by atoms with van der Waals surface area (Å²) in [5.41, 5.74) is 0. The van der Waals surface area contributed by atoms with Crippen molar-refractivity contribution < 1.29 is 18.3 Å². The maximum Gasteiger partial charge on any atom is 0.408 e. The van der Waals surface area contributed by atoms with E-state index in [0.717, 1.165) is 11.2 Å². The third kappa shape index (κ3) is 1.69. The third-order valence-corrected chi connectivity index (χ3v) is 3.42. The van der Waals surface area contributed by atoms with Gasteiger partial charge in [-0.3, -0.25) is 4.90 Å². The molecule has 5 nitrogen and oxygen atoms in total. The number of carboxylic acid groups (broad SMARTS) is 1. The van der Waals surface area contributed by atoms with Crippen LogP contribution < -0.4 is 0 Å². The molecule has 0 spiro atoms. The first kappa shape index (κ1) is 9.31. The molecule has 0 aromatic heterocycles. The largest absolute Gasteiger partial charge is 0.465 e. The minimum absolute atomic E-state index is 0.326. The van der Waals surface area contributed by atoms with Crippen molar-refractivity contribution in [3.63, 3.8) is 0 Å². The molecule has 1 saturated heterocycles. The normalized spacial score (nSPS) is 24.4. The standard InChI is InChI=1S/C6H11NO4S/c1-12(10,11)5-3-2-4-7(5)6(8)9/h5H,2-4H2,1H3,(H,8,9). The first-order valence-electron chi connectivity index (χ1n) is 3.61. The third-order valence-electron chi connectivity index (χ3n) is 1.94. The Morgan fingerprint density at radius 1 is 1.58 bits per heavy atom. The monoisotopic (exact) mass is 193 g/mol. The SMILES string of the molecule is CS(=O)(=O)C1CCCN1C(=O)O. The van der Waals surface area contributed by atoms with Crippen LogP contribution in [0.3, 0.4) is 0 Å². The van der Waals surface area contributed by atoms with Crippen molar-refractivity contribution in [2.75, 3.05) is 12.8 Å². The maximum atomic E-state index is 11.0. The van der Waals surface area contributed by atoms with E-state index in [9.17, 15) is 13.2 Å². The van der Waals surface area contributed by atoms with Crippen LogP contribution in [-0.2, 0) is 9.84 Å². The number of nitrogens with zero attached hydrogens (tertiary/aromatic N) is 1. The van der Waals surface area contributed by atoms with Gasteiger partial charge in [0.2, 0.25) is 0 Å². The van der Waals surface area contributed by atoms with E-state index < -0.39 is 21.3 Å². The number of amides is 1. The van der Waals surface area contributed by atoms with Crippen LogP contribution in [0.1, 0.15) is 12.8 Å². The lowest BCUT2D eigenvalue weighted by Crippen LogP contribution is -2.38.